The van der Waals surface area contributed by atoms with Crippen molar-refractivity contribution in [2.24, 2.45) is 0 Å². The molecule has 0 spiro atoms. The highest BCUT2D eigenvalue weighted by molar-refractivity contribution is 7.88. The zero-order valence-corrected chi connectivity index (χ0v) is 13.6. The van der Waals surface area contributed by atoms with Crippen molar-refractivity contribution >= 4 is 15.9 Å². The number of nitrogens with zero attached hydrogens (tertiary/aromatic N) is 1. The highest BCUT2D eigenvalue weighted by Gasteiger charge is 2.23. The predicted molar refractivity (Wildman–Crippen MR) is 85.7 cm³/mol. The number of amides is 1. The van der Waals surface area contributed by atoms with Crippen molar-refractivity contribution in [1.82, 2.24) is 14.9 Å². The molecule has 1 aromatic rings. The van der Waals surface area contributed by atoms with Gasteiger partial charge in [-0.3, -0.25) is 9.69 Å². The number of benzene rings is 1. The molecule has 1 atom stereocenters. The molecule has 1 unspecified atom stereocenters. The molecule has 6 nitrogen and oxygen atoms in total. The maximum atomic E-state index is 11.8. The quantitative estimate of drug-likeness (QED) is 0.757. The number of carbonyl (C=O) groups excluding carboxylic acids is 1. The molecule has 1 saturated heterocycles. The number of carbonyl (C=O) groups is 1. The lowest BCUT2D eigenvalue weighted by Gasteiger charge is -2.16. The van der Waals surface area contributed by atoms with Crippen molar-refractivity contribution in [3.05, 3.63) is 35.9 Å². The molecular formula is C15H23N3O3S. The van der Waals surface area contributed by atoms with Gasteiger partial charge in [-0.15, -0.1) is 0 Å². The molecular weight excluding hydrogens is 302 g/mol. The number of likely N-dealkylation sites (tertiary alicyclic amines) is 1. The summed E-state index contributed by atoms with van der Waals surface area (Å²) in [7, 11) is -3.23. The Bertz CT molecular complexity index is 589. The summed E-state index contributed by atoms with van der Waals surface area (Å²) < 4.78 is 24.2. The van der Waals surface area contributed by atoms with Crippen LogP contribution >= 0.6 is 0 Å². The zero-order valence-electron chi connectivity index (χ0n) is 12.8. The Balaban J connectivity index is 1.68. The number of sulfonamides is 1. The van der Waals surface area contributed by atoms with Crippen molar-refractivity contribution in [3.63, 3.8) is 0 Å². The molecule has 0 bridgehead atoms. The van der Waals surface area contributed by atoms with E-state index in [4.69, 9.17) is 0 Å². The Hall–Kier alpha value is -1.44. The van der Waals surface area contributed by atoms with Gasteiger partial charge in [-0.25, -0.2) is 13.1 Å². The van der Waals surface area contributed by atoms with Gasteiger partial charge < -0.3 is 5.32 Å². The highest BCUT2D eigenvalue weighted by Crippen LogP contribution is 2.13. The summed E-state index contributed by atoms with van der Waals surface area (Å²) >= 11 is 0. The van der Waals surface area contributed by atoms with Gasteiger partial charge in [0.05, 0.1) is 6.26 Å². The molecule has 2 N–H and O–H groups in total. The summed E-state index contributed by atoms with van der Waals surface area (Å²) in [6, 6.07) is 10.4. The van der Waals surface area contributed by atoms with E-state index < -0.39 is 10.0 Å². The normalized spacial score (nSPS) is 19.2. The van der Waals surface area contributed by atoms with Crippen LogP contribution in [0.15, 0.2) is 30.3 Å². The minimum absolute atomic E-state index is 0.109. The van der Waals surface area contributed by atoms with Crippen LogP contribution in [0.5, 0.6) is 0 Å². The van der Waals surface area contributed by atoms with Crippen molar-refractivity contribution in [2.75, 3.05) is 25.9 Å². The standard InChI is InChI=1S/C15H23N3O3S/c1-22(20,21)16-9-7-15(19)17-14-8-10-18(12-14)11-13-5-3-2-4-6-13/h2-6,14,16H,7-12H2,1H3,(H,17,19). The van der Waals surface area contributed by atoms with Gasteiger partial charge in [0.2, 0.25) is 15.9 Å². The van der Waals surface area contributed by atoms with Gasteiger partial charge in [0.1, 0.15) is 0 Å². The monoisotopic (exact) mass is 325 g/mol. The lowest BCUT2D eigenvalue weighted by atomic mass is 10.2. The first-order valence-corrected chi connectivity index (χ1v) is 9.32. The summed E-state index contributed by atoms with van der Waals surface area (Å²) in [5.74, 6) is -0.109. The molecule has 7 heteroatoms. The summed E-state index contributed by atoms with van der Waals surface area (Å²) in [6.45, 7) is 2.83. The Morgan fingerprint density at radius 1 is 1.32 bits per heavy atom. The van der Waals surface area contributed by atoms with Crippen LogP contribution in [0.4, 0.5) is 0 Å². The first-order valence-electron chi connectivity index (χ1n) is 7.43. The summed E-state index contributed by atoms with van der Waals surface area (Å²) in [6.07, 6.45) is 2.18. The molecule has 2 rings (SSSR count). The molecule has 0 aliphatic carbocycles. The second-order valence-corrected chi connectivity index (χ2v) is 7.52. The third kappa shape index (κ3) is 6.13. The fraction of sp³-hybridized carbons (Fsp3) is 0.533. The van der Waals surface area contributed by atoms with Gasteiger partial charge in [-0.05, 0) is 12.0 Å². The summed E-state index contributed by atoms with van der Waals surface area (Å²) in [5, 5.41) is 2.97. The average molecular weight is 325 g/mol. The largest absolute Gasteiger partial charge is 0.352 e. The number of hydrogen-bond acceptors (Lipinski definition) is 4. The number of rotatable bonds is 7. The van der Waals surface area contributed by atoms with Crippen LogP contribution < -0.4 is 10.0 Å². The van der Waals surface area contributed by atoms with Crippen LogP contribution in [0.25, 0.3) is 0 Å². The van der Waals surface area contributed by atoms with E-state index in [-0.39, 0.29) is 24.9 Å². The van der Waals surface area contributed by atoms with Gasteiger partial charge >= 0.3 is 0 Å². The lowest BCUT2D eigenvalue weighted by Crippen LogP contribution is -2.38. The lowest BCUT2D eigenvalue weighted by molar-refractivity contribution is -0.121. The van der Waals surface area contributed by atoms with Gasteiger partial charge in [-0.1, -0.05) is 30.3 Å². The van der Waals surface area contributed by atoms with Crippen LogP contribution in [-0.4, -0.2) is 51.2 Å². The van der Waals surface area contributed by atoms with E-state index in [0.717, 1.165) is 32.3 Å². The molecule has 1 heterocycles. The topological polar surface area (TPSA) is 78.5 Å². The molecule has 1 aliphatic rings. The molecule has 1 aliphatic heterocycles. The van der Waals surface area contributed by atoms with E-state index in [1.165, 1.54) is 5.56 Å². The first-order chi connectivity index (χ1) is 10.4. The Kier molecular flexibility index (Phi) is 5.93. The van der Waals surface area contributed by atoms with Crippen molar-refractivity contribution in [2.45, 2.75) is 25.4 Å². The van der Waals surface area contributed by atoms with Gasteiger partial charge in [-0.2, -0.15) is 0 Å². The Labute approximate surface area is 131 Å². The smallest absolute Gasteiger partial charge is 0.221 e. The van der Waals surface area contributed by atoms with E-state index >= 15 is 0 Å². The van der Waals surface area contributed by atoms with Crippen LogP contribution in [0, 0.1) is 0 Å². The van der Waals surface area contributed by atoms with Crippen LogP contribution in [0.1, 0.15) is 18.4 Å². The van der Waals surface area contributed by atoms with Crippen molar-refractivity contribution in [3.8, 4) is 0 Å². The molecule has 1 amide bonds. The summed E-state index contributed by atoms with van der Waals surface area (Å²) in [4.78, 5) is 14.1. The summed E-state index contributed by atoms with van der Waals surface area (Å²) in [5.41, 5.74) is 1.27. The van der Waals surface area contributed by atoms with E-state index in [9.17, 15) is 13.2 Å². The Morgan fingerprint density at radius 2 is 2.05 bits per heavy atom. The maximum Gasteiger partial charge on any atom is 0.221 e. The van der Waals surface area contributed by atoms with Crippen LogP contribution in [0.2, 0.25) is 0 Å². The predicted octanol–water partition coefficient (Wildman–Crippen LogP) is 0.316. The minimum Gasteiger partial charge on any atom is -0.352 e. The molecule has 0 radical (unpaired) electrons. The Morgan fingerprint density at radius 3 is 2.73 bits per heavy atom. The van der Waals surface area contributed by atoms with Gasteiger partial charge in [0.25, 0.3) is 0 Å². The molecule has 122 valence electrons. The van der Waals surface area contributed by atoms with E-state index in [1.807, 2.05) is 18.2 Å². The van der Waals surface area contributed by atoms with Crippen molar-refractivity contribution in [1.29, 1.82) is 0 Å². The van der Waals surface area contributed by atoms with Crippen molar-refractivity contribution < 1.29 is 13.2 Å². The van der Waals surface area contributed by atoms with Gasteiger partial charge in [0, 0.05) is 38.6 Å². The average Bonchev–Trinajstić information content (AvgIpc) is 2.85. The van der Waals surface area contributed by atoms with Gasteiger partial charge in [0.15, 0.2) is 0 Å². The highest BCUT2D eigenvalue weighted by atomic mass is 32.2. The molecule has 0 saturated carbocycles. The van der Waals surface area contributed by atoms with Crippen LogP contribution in [0.3, 0.4) is 0 Å². The van der Waals surface area contributed by atoms with E-state index in [0.29, 0.717) is 0 Å². The molecule has 1 fully saturated rings. The third-order valence-corrected chi connectivity index (χ3v) is 4.33. The van der Waals surface area contributed by atoms with E-state index in [2.05, 4.69) is 27.1 Å². The molecule has 22 heavy (non-hydrogen) atoms. The minimum atomic E-state index is -3.23. The zero-order chi connectivity index (χ0) is 16.0. The van der Waals surface area contributed by atoms with Crippen LogP contribution in [-0.2, 0) is 21.4 Å². The molecule has 1 aromatic carbocycles. The molecule has 0 aromatic heterocycles. The van der Waals surface area contributed by atoms with E-state index in [1.54, 1.807) is 0 Å². The maximum absolute atomic E-state index is 11.8. The fourth-order valence-electron chi connectivity index (χ4n) is 2.59. The fourth-order valence-corrected chi connectivity index (χ4v) is 3.06. The third-order valence-electron chi connectivity index (χ3n) is 3.60. The number of hydrogen-bond donors (Lipinski definition) is 2. The second-order valence-electron chi connectivity index (χ2n) is 5.69. The SMILES string of the molecule is CS(=O)(=O)NCCC(=O)NC1CCN(Cc2ccccc2)C1. The first kappa shape index (κ1) is 16.9. The number of nitrogens with one attached hydrogen (secondary N) is 2. The second kappa shape index (κ2) is 7.71.